The lowest BCUT2D eigenvalue weighted by atomic mass is 10.2. The SMILES string of the molecule is Cn1cncc1C(O)c1ncccn1. The average Bonchev–Trinajstić information content (AvgIpc) is 2.65. The second-order valence-corrected chi connectivity index (χ2v) is 2.94. The molecule has 0 radical (unpaired) electrons. The van der Waals surface area contributed by atoms with Crippen LogP contribution in [-0.4, -0.2) is 24.6 Å². The fourth-order valence-corrected chi connectivity index (χ4v) is 1.22. The summed E-state index contributed by atoms with van der Waals surface area (Å²) in [7, 11) is 1.81. The minimum Gasteiger partial charge on any atom is -0.379 e. The fraction of sp³-hybridized carbons (Fsp3) is 0.222. The Kier molecular flexibility index (Phi) is 2.24. The second-order valence-electron chi connectivity index (χ2n) is 2.94. The van der Waals surface area contributed by atoms with Crippen molar-refractivity contribution in [3.63, 3.8) is 0 Å². The van der Waals surface area contributed by atoms with Crippen molar-refractivity contribution in [2.45, 2.75) is 6.10 Å². The number of aryl methyl sites for hydroxylation is 1. The maximum atomic E-state index is 9.88. The topological polar surface area (TPSA) is 63.8 Å². The van der Waals surface area contributed by atoms with Gasteiger partial charge in [0.15, 0.2) is 11.9 Å². The van der Waals surface area contributed by atoms with Crippen LogP contribution in [-0.2, 0) is 7.05 Å². The van der Waals surface area contributed by atoms with Gasteiger partial charge < -0.3 is 9.67 Å². The molecule has 0 aromatic carbocycles. The van der Waals surface area contributed by atoms with E-state index < -0.39 is 6.10 Å². The van der Waals surface area contributed by atoms with Crippen LogP contribution in [0.15, 0.2) is 31.0 Å². The van der Waals surface area contributed by atoms with Crippen molar-refractivity contribution in [2.75, 3.05) is 0 Å². The Morgan fingerprint density at radius 2 is 2.07 bits per heavy atom. The summed E-state index contributed by atoms with van der Waals surface area (Å²) in [4.78, 5) is 11.9. The zero-order valence-electron chi connectivity index (χ0n) is 7.70. The van der Waals surface area contributed by atoms with E-state index in [2.05, 4.69) is 15.0 Å². The Labute approximate surface area is 81.1 Å². The lowest BCUT2D eigenvalue weighted by Gasteiger charge is -2.08. The lowest BCUT2D eigenvalue weighted by molar-refractivity contribution is 0.201. The van der Waals surface area contributed by atoms with Gasteiger partial charge in [-0.3, -0.25) is 0 Å². The van der Waals surface area contributed by atoms with Crippen molar-refractivity contribution in [2.24, 2.45) is 7.05 Å². The van der Waals surface area contributed by atoms with Gasteiger partial charge in [0.2, 0.25) is 0 Å². The third kappa shape index (κ3) is 1.49. The number of rotatable bonds is 2. The maximum Gasteiger partial charge on any atom is 0.163 e. The first-order valence-electron chi connectivity index (χ1n) is 4.20. The number of nitrogens with zero attached hydrogens (tertiary/aromatic N) is 4. The molecule has 1 N–H and O–H groups in total. The highest BCUT2D eigenvalue weighted by molar-refractivity contribution is 5.11. The van der Waals surface area contributed by atoms with E-state index in [1.54, 1.807) is 35.6 Å². The molecule has 2 aromatic heterocycles. The minimum atomic E-state index is -0.816. The number of hydrogen-bond acceptors (Lipinski definition) is 4. The van der Waals surface area contributed by atoms with E-state index in [-0.39, 0.29) is 0 Å². The lowest BCUT2D eigenvalue weighted by Crippen LogP contribution is -2.08. The summed E-state index contributed by atoms with van der Waals surface area (Å²) in [6.45, 7) is 0. The van der Waals surface area contributed by atoms with Crippen molar-refractivity contribution in [3.05, 3.63) is 42.5 Å². The molecule has 2 rings (SSSR count). The Balaban J connectivity index is 2.34. The molecule has 0 aliphatic heterocycles. The predicted octanol–water partition coefficient (Wildman–Crippen LogP) is 0.292. The van der Waals surface area contributed by atoms with Crippen LogP contribution in [0.5, 0.6) is 0 Å². The molecule has 14 heavy (non-hydrogen) atoms. The monoisotopic (exact) mass is 190 g/mol. The van der Waals surface area contributed by atoms with Crippen LogP contribution < -0.4 is 0 Å². The first-order valence-corrected chi connectivity index (χ1v) is 4.20. The quantitative estimate of drug-likeness (QED) is 0.739. The second kappa shape index (κ2) is 3.55. The van der Waals surface area contributed by atoms with E-state index in [4.69, 9.17) is 0 Å². The Bertz CT molecular complexity index is 412. The van der Waals surface area contributed by atoms with Gasteiger partial charge in [0.1, 0.15) is 0 Å². The average molecular weight is 190 g/mol. The van der Waals surface area contributed by atoms with E-state index in [1.807, 2.05) is 7.05 Å². The molecule has 0 fully saturated rings. The summed E-state index contributed by atoms with van der Waals surface area (Å²) in [5.41, 5.74) is 0.677. The first-order chi connectivity index (χ1) is 6.79. The standard InChI is InChI=1S/C9H10N4O/c1-13-6-10-5-7(13)8(14)9-11-3-2-4-12-9/h2-6,8,14H,1H3. The predicted molar refractivity (Wildman–Crippen MR) is 49.3 cm³/mol. The molecule has 0 saturated carbocycles. The van der Waals surface area contributed by atoms with Gasteiger partial charge in [0.05, 0.1) is 18.2 Å². The molecule has 72 valence electrons. The summed E-state index contributed by atoms with van der Waals surface area (Å²) in [5.74, 6) is 0.385. The molecule has 0 aliphatic carbocycles. The van der Waals surface area contributed by atoms with Gasteiger partial charge in [-0.15, -0.1) is 0 Å². The van der Waals surface area contributed by atoms with Gasteiger partial charge in [0.25, 0.3) is 0 Å². The van der Waals surface area contributed by atoms with E-state index in [0.717, 1.165) is 0 Å². The molecule has 0 amide bonds. The summed E-state index contributed by atoms with van der Waals surface area (Å²) < 4.78 is 1.74. The normalized spacial score (nSPS) is 12.7. The molecule has 0 bridgehead atoms. The van der Waals surface area contributed by atoms with Crippen molar-refractivity contribution >= 4 is 0 Å². The van der Waals surface area contributed by atoms with Crippen LogP contribution in [0.1, 0.15) is 17.6 Å². The number of hydrogen-bond donors (Lipinski definition) is 1. The zero-order chi connectivity index (χ0) is 9.97. The third-order valence-electron chi connectivity index (χ3n) is 1.96. The van der Waals surface area contributed by atoms with Gasteiger partial charge in [0, 0.05) is 19.4 Å². The minimum absolute atomic E-state index is 0.385. The Morgan fingerprint density at radius 1 is 1.36 bits per heavy atom. The van der Waals surface area contributed by atoms with Crippen molar-refractivity contribution in [3.8, 4) is 0 Å². The Morgan fingerprint density at radius 3 is 2.64 bits per heavy atom. The largest absolute Gasteiger partial charge is 0.379 e. The number of aromatic nitrogens is 4. The van der Waals surface area contributed by atoms with Gasteiger partial charge >= 0.3 is 0 Å². The molecule has 5 heteroatoms. The molecule has 2 heterocycles. The smallest absolute Gasteiger partial charge is 0.163 e. The van der Waals surface area contributed by atoms with Gasteiger partial charge in [-0.05, 0) is 6.07 Å². The van der Waals surface area contributed by atoms with Crippen LogP contribution in [0, 0.1) is 0 Å². The van der Waals surface area contributed by atoms with Crippen LogP contribution in [0.2, 0.25) is 0 Å². The highest BCUT2D eigenvalue weighted by Gasteiger charge is 2.15. The third-order valence-corrected chi connectivity index (χ3v) is 1.96. The van der Waals surface area contributed by atoms with Gasteiger partial charge in [-0.1, -0.05) is 0 Å². The summed E-state index contributed by atoms with van der Waals surface area (Å²) in [5, 5.41) is 9.88. The summed E-state index contributed by atoms with van der Waals surface area (Å²) >= 11 is 0. The Hall–Kier alpha value is -1.75. The van der Waals surface area contributed by atoms with Crippen LogP contribution in [0.3, 0.4) is 0 Å². The molecule has 1 atom stereocenters. The molecule has 1 unspecified atom stereocenters. The van der Waals surface area contributed by atoms with Crippen LogP contribution in [0.4, 0.5) is 0 Å². The van der Waals surface area contributed by atoms with Crippen molar-refractivity contribution < 1.29 is 5.11 Å². The summed E-state index contributed by atoms with van der Waals surface area (Å²) in [6.07, 6.45) is 5.61. The van der Waals surface area contributed by atoms with E-state index >= 15 is 0 Å². The van der Waals surface area contributed by atoms with E-state index in [0.29, 0.717) is 11.5 Å². The molecular weight excluding hydrogens is 180 g/mol. The molecule has 0 spiro atoms. The highest BCUT2D eigenvalue weighted by Crippen LogP contribution is 2.16. The van der Waals surface area contributed by atoms with E-state index in [9.17, 15) is 5.11 Å². The zero-order valence-corrected chi connectivity index (χ0v) is 7.70. The summed E-state index contributed by atoms with van der Waals surface area (Å²) in [6, 6.07) is 1.71. The number of imidazole rings is 1. The van der Waals surface area contributed by atoms with Gasteiger partial charge in [-0.2, -0.15) is 0 Å². The molecular formula is C9H10N4O. The number of aliphatic hydroxyl groups is 1. The molecule has 0 saturated heterocycles. The molecule has 0 aliphatic rings. The fourth-order valence-electron chi connectivity index (χ4n) is 1.22. The number of aliphatic hydroxyl groups excluding tert-OH is 1. The van der Waals surface area contributed by atoms with Crippen molar-refractivity contribution in [1.82, 2.24) is 19.5 Å². The van der Waals surface area contributed by atoms with Gasteiger partial charge in [-0.25, -0.2) is 15.0 Å². The van der Waals surface area contributed by atoms with Crippen molar-refractivity contribution in [1.29, 1.82) is 0 Å². The molecule has 5 nitrogen and oxygen atoms in total. The molecule has 2 aromatic rings. The maximum absolute atomic E-state index is 9.88. The van der Waals surface area contributed by atoms with E-state index in [1.165, 1.54) is 0 Å². The highest BCUT2D eigenvalue weighted by atomic mass is 16.3. The first kappa shape index (κ1) is 8.83. The van der Waals surface area contributed by atoms with Crippen LogP contribution >= 0.6 is 0 Å². The van der Waals surface area contributed by atoms with Crippen LogP contribution in [0.25, 0.3) is 0 Å².